The van der Waals surface area contributed by atoms with Crippen molar-refractivity contribution in [2.75, 3.05) is 0 Å². The summed E-state index contributed by atoms with van der Waals surface area (Å²) in [6.07, 6.45) is -5.10. The fourth-order valence-corrected chi connectivity index (χ4v) is 4.01. The highest BCUT2D eigenvalue weighted by Crippen LogP contribution is 2.51. The van der Waals surface area contributed by atoms with E-state index in [1.165, 1.54) is 24.3 Å². The second-order valence-electron chi connectivity index (χ2n) is 8.50. The van der Waals surface area contributed by atoms with Crippen molar-refractivity contribution in [2.24, 2.45) is 10.3 Å². The SMILES string of the molecule is Cc1cc(C2=NOC(c3cc(Cl)cc(Cl)c3)(C(F)(F)F)C2N=O)ccc1C(=O)OC(C)(C)C. The van der Waals surface area contributed by atoms with Crippen LogP contribution in [0.2, 0.25) is 10.0 Å². The van der Waals surface area contributed by atoms with Crippen molar-refractivity contribution in [1.29, 1.82) is 0 Å². The lowest BCUT2D eigenvalue weighted by molar-refractivity contribution is -0.279. The van der Waals surface area contributed by atoms with Crippen molar-refractivity contribution in [2.45, 2.75) is 51.1 Å². The average Bonchev–Trinajstić information content (AvgIpc) is 3.06. The van der Waals surface area contributed by atoms with Crippen LogP contribution in [-0.4, -0.2) is 29.5 Å². The largest absolute Gasteiger partial charge is 0.456 e. The van der Waals surface area contributed by atoms with Crippen LogP contribution in [0.3, 0.4) is 0 Å². The predicted octanol–water partition coefficient (Wildman–Crippen LogP) is 6.58. The van der Waals surface area contributed by atoms with Gasteiger partial charge in [0, 0.05) is 21.2 Å². The second-order valence-corrected chi connectivity index (χ2v) is 9.37. The zero-order valence-corrected chi connectivity index (χ0v) is 19.5. The summed E-state index contributed by atoms with van der Waals surface area (Å²) in [5.74, 6) is -0.598. The van der Waals surface area contributed by atoms with Crippen molar-refractivity contribution in [3.05, 3.63) is 73.6 Å². The predicted molar refractivity (Wildman–Crippen MR) is 118 cm³/mol. The molecule has 0 saturated heterocycles. The Morgan fingerprint density at radius 3 is 2.21 bits per heavy atom. The first kappa shape index (κ1) is 25.0. The van der Waals surface area contributed by atoms with Crippen molar-refractivity contribution < 1.29 is 27.5 Å². The third kappa shape index (κ3) is 4.70. The lowest BCUT2D eigenvalue weighted by Crippen LogP contribution is -2.51. The molecule has 0 aliphatic carbocycles. The maximum absolute atomic E-state index is 14.4. The van der Waals surface area contributed by atoms with Gasteiger partial charge in [-0.3, -0.25) is 0 Å². The molecule has 2 atom stereocenters. The van der Waals surface area contributed by atoms with Gasteiger partial charge in [-0.2, -0.15) is 13.2 Å². The fourth-order valence-electron chi connectivity index (χ4n) is 3.48. The summed E-state index contributed by atoms with van der Waals surface area (Å²) in [5, 5.41) is 6.16. The Labute approximate surface area is 197 Å². The van der Waals surface area contributed by atoms with Gasteiger partial charge in [-0.1, -0.05) is 39.6 Å². The van der Waals surface area contributed by atoms with Crippen molar-refractivity contribution >= 4 is 34.9 Å². The molecule has 176 valence electrons. The topological polar surface area (TPSA) is 77.3 Å². The Morgan fingerprint density at radius 2 is 1.73 bits per heavy atom. The minimum absolute atomic E-state index is 0.0830. The molecule has 6 nitrogen and oxygen atoms in total. The van der Waals surface area contributed by atoms with E-state index in [0.717, 1.165) is 12.1 Å². The molecule has 0 aromatic heterocycles. The van der Waals surface area contributed by atoms with E-state index in [2.05, 4.69) is 10.3 Å². The monoisotopic (exact) mass is 502 g/mol. The van der Waals surface area contributed by atoms with E-state index in [0.29, 0.717) is 5.56 Å². The van der Waals surface area contributed by atoms with Crippen LogP contribution in [0.5, 0.6) is 0 Å². The lowest BCUT2D eigenvalue weighted by Gasteiger charge is -2.32. The maximum Gasteiger partial charge on any atom is 0.438 e. The summed E-state index contributed by atoms with van der Waals surface area (Å²) in [7, 11) is 0. The molecule has 2 unspecified atom stereocenters. The van der Waals surface area contributed by atoms with Gasteiger partial charge in [-0.15, -0.1) is 4.91 Å². The van der Waals surface area contributed by atoms with E-state index in [1.54, 1.807) is 27.7 Å². The number of hydrogen-bond acceptors (Lipinski definition) is 6. The number of benzene rings is 2. The number of ether oxygens (including phenoxy) is 1. The molecule has 1 aliphatic rings. The number of nitroso groups, excluding NO2 is 1. The number of alkyl halides is 3. The number of carbonyl (C=O) groups excluding carboxylic acids is 1. The average molecular weight is 503 g/mol. The Balaban J connectivity index is 2.07. The van der Waals surface area contributed by atoms with Gasteiger partial charge in [0.05, 0.1) is 5.56 Å². The van der Waals surface area contributed by atoms with Crippen molar-refractivity contribution in [3.63, 3.8) is 0 Å². The normalized spacial score (nSPS) is 20.8. The zero-order valence-electron chi connectivity index (χ0n) is 18.0. The van der Waals surface area contributed by atoms with Crippen LogP contribution in [-0.2, 0) is 15.2 Å². The molecule has 2 aromatic carbocycles. The summed E-state index contributed by atoms with van der Waals surface area (Å²) in [4.78, 5) is 29.1. The molecule has 11 heteroatoms. The molecule has 2 aromatic rings. The van der Waals surface area contributed by atoms with Gasteiger partial charge in [0.15, 0.2) is 6.04 Å². The Bertz CT molecular complexity index is 1130. The molecule has 1 heterocycles. The van der Waals surface area contributed by atoms with Gasteiger partial charge < -0.3 is 9.57 Å². The Kier molecular flexibility index (Phi) is 6.52. The highest BCUT2D eigenvalue weighted by molar-refractivity contribution is 6.34. The number of carbonyl (C=O) groups is 1. The van der Waals surface area contributed by atoms with Gasteiger partial charge in [0.1, 0.15) is 11.3 Å². The van der Waals surface area contributed by atoms with Crippen LogP contribution in [0.25, 0.3) is 0 Å². The third-order valence-electron chi connectivity index (χ3n) is 4.89. The number of aryl methyl sites for hydroxylation is 1. The zero-order chi connectivity index (χ0) is 24.8. The van der Waals surface area contributed by atoms with Gasteiger partial charge in [0.25, 0.3) is 5.60 Å². The molecule has 0 N–H and O–H groups in total. The number of oxime groups is 1. The first-order chi connectivity index (χ1) is 15.2. The standard InChI is InChI=1S/C22H19Cl2F3N2O4/c1-11-7-12(5-6-16(11)19(30)32-20(2,3)4)17-18(28-31)21(33-29-17,22(25,26)27)13-8-14(23)10-15(24)9-13/h5-10,18H,1-4H3. The molecular weight excluding hydrogens is 484 g/mol. The van der Waals surface area contributed by atoms with Crippen LogP contribution in [0.4, 0.5) is 13.2 Å². The molecule has 33 heavy (non-hydrogen) atoms. The Hall–Kier alpha value is -2.65. The third-order valence-corrected chi connectivity index (χ3v) is 5.33. The lowest BCUT2D eigenvalue weighted by atomic mass is 9.82. The molecule has 1 aliphatic heterocycles. The molecule has 0 bridgehead atoms. The number of rotatable bonds is 4. The smallest absolute Gasteiger partial charge is 0.438 e. The second kappa shape index (κ2) is 8.61. The van der Waals surface area contributed by atoms with E-state index in [1.807, 2.05) is 0 Å². The number of esters is 1. The van der Waals surface area contributed by atoms with Gasteiger partial charge >= 0.3 is 12.1 Å². The summed E-state index contributed by atoms with van der Waals surface area (Å²) >= 11 is 11.8. The minimum atomic E-state index is -5.10. The minimum Gasteiger partial charge on any atom is -0.456 e. The molecule has 0 spiro atoms. The quantitative estimate of drug-likeness (QED) is 0.349. The van der Waals surface area contributed by atoms with Gasteiger partial charge in [0.2, 0.25) is 0 Å². The van der Waals surface area contributed by atoms with Crippen molar-refractivity contribution in [3.8, 4) is 0 Å². The van der Waals surface area contributed by atoms with Crippen molar-refractivity contribution in [1.82, 2.24) is 0 Å². The molecule has 3 rings (SSSR count). The first-order valence-corrected chi connectivity index (χ1v) is 10.4. The molecule has 0 amide bonds. The number of nitrogens with zero attached hydrogens (tertiary/aromatic N) is 2. The van der Waals surface area contributed by atoms with Crippen LogP contribution >= 0.6 is 23.2 Å². The fraction of sp³-hybridized carbons (Fsp3) is 0.364. The van der Waals surface area contributed by atoms with E-state index in [4.69, 9.17) is 32.8 Å². The number of halogens is 5. The molecule has 0 fully saturated rings. The summed E-state index contributed by atoms with van der Waals surface area (Å²) in [6, 6.07) is 5.28. The molecular formula is C22H19Cl2F3N2O4. The highest BCUT2D eigenvalue weighted by atomic mass is 35.5. The van der Waals surface area contributed by atoms with Crippen LogP contribution in [0.15, 0.2) is 46.7 Å². The van der Waals surface area contributed by atoms with Crippen LogP contribution in [0, 0.1) is 11.8 Å². The Morgan fingerprint density at radius 1 is 1.12 bits per heavy atom. The van der Waals surface area contributed by atoms with Gasteiger partial charge in [-0.25, -0.2) is 4.79 Å². The summed E-state index contributed by atoms with van der Waals surface area (Å²) in [5.41, 5.74) is -4.07. The molecule has 0 radical (unpaired) electrons. The van der Waals surface area contributed by atoms with E-state index in [9.17, 15) is 22.9 Å². The highest BCUT2D eigenvalue weighted by Gasteiger charge is 2.69. The van der Waals surface area contributed by atoms with Crippen LogP contribution < -0.4 is 0 Å². The summed E-state index contributed by atoms with van der Waals surface area (Å²) < 4.78 is 48.4. The number of hydrogen-bond donors (Lipinski definition) is 0. The maximum atomic E-state index is 14.4. The van der Waals surface area contributed by atoms with E-state index >= 15 is 0 Å². The molecule has 0 saturated carbocycles. The van der Waals surface area contributed by atoms with E-state index < -0.39 is 35.0 Å². The van der Waals surface area contributed by atoms with Gasteiger partial charge in [-0.05, 0) is 63.6 Å². The van der Waals surface area contributed by atoms with E-state index in [-0.39, 0.29) is 26.9 Å². The first-order valence-electron chi connectivity index (χ1n) is 9.66. The van der Waals surface area contributed by atoms with Crippen LogP contribution in [0.1, 0.15) is 47.8 Å². The summed E-state index contributed by atoms with van der Waals surface area (Å²) in [6.45, 7) is 6.70.